The van der Waals surface area contributed by atoms with Crippen molar-refractivity contribution < 1.29 is 4.79 Å². The number of H-pyrrole nitrogens is 1. The van der Waals surface area contributed by atoms with Crippen LogP contribution >= 0.6 is 0 Å². The second kappa shape index (κ2) is 7.16. The highest BCUT2D eigenvalue weighted by Crippen LogP contribution is 2.21. The van der Waals surface area contributed by atoms with Crippen LogP contribution in [0.5, 0.6) is 0 Å². The Labute approximate surface area is 142 Å². The highest BCUT2D eigenvalue weighted by molar-refractivity contribution is 5.77. The first-order valence-corrected chi connectivity index (χ1v) is 8.78. The van der Waals surface area contributed by atoms with Crippen LogP contribution in [-0.2, 0) is 11.2 Å². The van der Waals surface area contributed by atoms with Gasteiger partial charge in [0.1, 0.15) is 5.82 Å². The first kappa shape index (κ1) is 16.7. The predicted octanol–water partition coefficient (Wildman–Crippen LogP) is 2.75. The number of amides is 1. The van der Waals surface area contributed by atoms with Crippen LogP contribution < -0.4 is 5.56 Å². The van der Waals surface area contributed by atoms with Gasteiger partial charge in [0.05, 0.1) is 10.9 Å². The largest absolute Gasteiger partial charge is 0.342 e. The fourth-order valence-corrected chi connectivity index (χ4v) is 3.69. The molecule has 1 fully saturated rings. The Kier molecular flexibility index (Phi) is 4.97. The van der Waals surface area contributed by atoms with Gasteiger partial charge in [-0.25, -0.2) is 4.98 Å². The van der Waals surface area contributed by atoms with E-state index in [0.717, 1.165) is 13.1 Å². The number of hydrogen-bond acceptors (Lipinski definition) is 3. The van der Waals surface area contributed by atoms with E-state index < -0.39 is 0 Å². The molecule has 2 atom stereocenters. The number of benzene rings is 1. The molecule has 1 amide bonds. The zero-order valence-electron chi connectivity index (χ0n) is 14.4. The van der Waals surface area contributed by atoms with Gasteiger partial charge in [-0.1, -0.05) is 26.0 Å². The maximum Gasteiger partial charge on any atom is 0.258 e. The van der Waals surface area contributed by atoms with Crippen molar-refractivity contribution in [3.63, 3.8) is 0 Å². The lowest BCUT2D eigenvalue weighted by atomic mass is 9.91. The summed E-state index contributed by atoms with van der Waals surface area (Å²) in [6.07, 6.45) is 3.03. The van der Waals surface area contributed by atoms with Crippen LogP contribution in [0.15, 0.2) is 29.1 Å². The van der Waals surface area contributed by atoms with Gasteiger partial charge < -0.3 is 9.88 Å². The molecule has 0 aliphatic carbocycles. The lowest BCUT2D eigenvalue weighted by Crippen LogP contribution is -2.42. The molecule has 1 aliphatic heterocycles. The van der Waals surface area contributed by atoms with Crippen molar-refractivity contribution in [2.45, 2.75) is 39.5 Å². The summed E-state index contributed by atoms with van der Waals surface area (Å²) in [6.45, 7) is 6.15. The lowest BCUT2D eigenvalue weighted by Gasteiger charge is -2.35. The number of hydrogen-bond donors (Lipinski definition) is 1. The van der Waals surface area contributed by atoms with E-state index in [2.05, 4.69) is 23.8 Å². The SMILES string of the molecule is C[C@H]1C[C@H](C)CN(C(=O)CCCc2nc3ccccc3c(=O)[nH]2)C1. The Morgan fingerprint density at radius 1 is 1.25 bits per heavy atom. The number of aromatic nitrogens is 2. The number of aryl methyl sites for hydroxylation is 1. The van der Waals surface area contributed by atoms with E-state index >= 15 is 0 Å². The molecule has 0 saturated carbocycles. The van der Waals surface area contributed by atoms with Crippen LogP contribution in [-0.4, -0.2) is 33.9 Å². The van der Waals surface area contributed by atoms with E-state index in [1.807, 2.05) is 23.1 Å². The van der Waals surface area contributed by atoms with Crippen molar-refractivity contribution in [3.05, 3.63) is 40.4 Å². The number of rotatable bonds is 4. The molecule has 2 aromatic rings. The van der Waals surface area contributed by atoms with Crippen molar-refractivity contribution in [2.75, 3.05) is 13.1 Å². The zero-order valence-corrected chi connectivity index (χ0v) is 14.4. The van der Waals surface area contributed by atoms with Gasteiger partial charge in [0.15, 0.2) is 0 Å². The fraction of sp³-hybridized carbons (Fsp3) is 0.526. The van der Waals surface area contributed by atoms with Gasteiger partial charge in [0.25, 0.3) is 5.56 Å². The monoisotopic (exact) mass is 327 g/mol. The van der Waals surface area contributed by atoms with Gasteiger partial charge in [0.2, 0.25) is 5.91 Å². The Morgan fingerprint density at radius 3 is 2.71 bits per heavy atom. The number of nitrogens with zero attached hydrogens (tertiary/aromatic N) is 2. The maximum atomic E-state index is 12.4. The molecule has 2 heterocycles. The van der Waals surface area contributed by atoms with Crippen molar-refractivity contribution in [1.82, 2.24) is 14.9 Å². The zero-order chi connectivity index (χ0) is 17.1. The van der Waals surface area contributed by atoms with E-state index in [1.165, 1.54) is 6.42 Å². The molecule has 1 aromatic heterocycles. The average Bonchev–Trinajstić information content (AvgIpc) is 2.54. The number of fused-ring (bicyclic) bond motifs is 1. The molecule has 1 N–H and O–H groups in total. The smallest absolute Gasteiger partial charge is 0.258 e. The normalized spacial score (nSPS) is 21.2. The van der Waals surface area contributed by atoms with E-state index in [1.54, 1.807) is 6.07 Å². The van der Waals surface area contributed by atoms with E-state index in [4.69, 9.17) is 0 Å². The Balaban J connectivity index is 1.58. The highest BCUT2D eigenvalue weighted by atomic mass is 16.2. The molecule has 1 aromatic carbocycles. The summed E-state index contributed by atoms with van der Waals surface area (Å²) >= 11 is 0. The first-order valence-electron chi connectivity index (χ1n) is 8.78. The second-order valence-corrected chi connectivity index (χ2v) is 7.13. The number of carbonyl (C=O) groups is 1. The molecule has 3 rings (SSSR count). The van der Waals surface area contributed by atoms with Crippen molar-refractivity contribution in [3.8, 4) is 0 Å². The molecular weight excluding hydrogens is 302 g/mol. The van der Waals surface area contributed by atoms with Gasteiger partial charge in [-0.2, -0.15) is 0 Å². The molecular formula is C19H25N3O2. The number of aromatic amines is 1. The third-order valence-corrected chi connectivity index (χ3v) is 4.69. The fourth-order valence-electron chi connectivity index (χ4n) is 3.69. The number of para-hydroxylation sites is 1. The van der Waals surface area contributed by atoms with Crippen molar-refractivity contribution in [1.29, 1.82) is 0 Å². The van der Waals surface area contributed by atoms with Crippen LogP contribution in [0.3, 0.4) is 0 Å². The third-order valence-electron chi connectivity index (χ3n) is 4.69. The molecule has 0 spiro atoms. The summed E-state index contributed by atoms with van der Waals surface area (Å²) < 4.78 is 0. The van der Waals surface area contributed by atoms with Crippen LogP contribution in [0, 0.1) is 11.8 Å². The predicted molar refractivity (Wildman–Crippen MR) is 94.8 cm³/mol. The summed E-state index contributed by atoms with van der Waals surface area (Å²) in [5.74, 6) is 2.04. The van der Waals surface area contributed by atoms with Gasteiger partial charge in [-0.05, 0) is 36.8 Å². The minimum absolute atomic E-state index is 0.111. The van der Waals surface area contributed by atoms with Gasteiger partial charge in [-0.3, -0.25) is 9.59 Å². The number of likely N-dealkylation sites (tertiary alicyclic amines) is 1. The van der Waals surface area contributed by atoms with E-state index in [9.17, 15) is 9.59 Å². The second-order valence-electron chi connectivity index (χ2n) is 7.13. The van der Waals surface area contributed by atoms with E-state index in [0.29, 0.717) is 47.8 Å². The Hall–Kier alpha value is -2.17. The number of piperidine rings is 1. The summed E-state index contributed by atoms with van der Waals surface area (Å²) in [6, 6.07) is 7.32. The van der Waals surface area contributed by atoms with Gasteiger partial charge in [0, 0.05) is 25.9 Å². The molecule has 24 heavy (non-hydrogen) atoms. The minimum Gasteiger partial charge on any atom is -0.342 e. The Morgan fingerprint density at radius 2 is 1.96 bits per heavy atom. The molecule has 0 radical (unpaired) electrons. The number of carbonyl (C=O) groups excluding carboxylic acids is 1. The summed E-state index contributed by atoms with van der Waals surface area (Å²) in [5, 5.41) is 0.605. The quantitative estimate of drug-likeness (QED) is 0.939. The molecule has 5 nitrogen and oxygen atoms in total. The highest BCUT2D eigenvalue weighted by Gasteiger charge is 2.24. The topological polar surface area (TPSA) is 66.1 Å². The molecule has 1 aliphatic rings. The molecule has 0 unspecified atom stereocenters. The van der Waals surface area contributed by atoms with Gasteiger partial charge in [-0.15, -0.1) is 0 Å². The lowest BCUT2D eigenvalue weighted by molar-refractivity contribution is -0.133. The van der Waals surface area contributed by atoms with E-state index in [-0.39, 0.29) is 11.5 Å². The maximum absolute atomic E-state index is 12.4. The standard InChI is InChI=1S/C19H25N3O2/c1-13-10-14(2)12-22(11-13)18(23)9-5-8-17-20-16-7-4-3-6-15(16)19(24)21-17/h3-4,6-7,13-14H,5,8-12H2,1-2H3,(H,20,21,24)/t13-,14-/m0/s1. The van der Waals surface area contributed by atoms with Crippen LogP contribution in [0.1, 0.15) is 38.9 Å². The number of nitrogens with one attached hydrogen (secondary N) is 1. The summed E-state index contributed by atoms with van der Waals surface area (Å²) in [7, 11) is 0. The third kappa shape index (κ3) is 3.83. The summed E-state index contributed by atoms with van der Waals surface area (Å²) in [5.41, 5.74) is 0.599. The minimum atomic E-state index is -0.111. The van der Waals surface area contributed by atoms with Crippen molar-refractivity contribution in [2.24, 2.45) is 11.8 Å². The molecule has 5 heteroatoms. The molecule has 1 saturated heterocycles. The van der Waals surface area contributed by atoms with Gasteiger partial charge >= 0.3 is 0 Å². The first-order chi connectivity index (χ1) is 11.5. The van der Waals surface area contributed by atoms with Crippen LogP contribution in [0.2, 0.25) is 0 Å². The summed E-state index contributed by atoms with van der Waals surface area (Å²) in [4.78, 5) is 33.7. The molecule has 0 bridgehead atoms. The van der Waals surface area contributed by atoms with Crippen LogP contribution in [0.25, 0.3) is 10.9 Å². The van der Waals surface area contributed by atoms with Crippen molar-refractivity contribution >= 4 is 16.8 Å². The van der Waals surface area contributed by atoms with Crippen LogP contribution in [0.4, 0.5) is 0 Å². The Bertz CT molecular complexity index is 774. The molecule has 128 valence electrons. The average molecular weight is 327 g/mol.